The van der Waals surface area contributed by atoms with Crippen LogP contribution in [0.1, 0.15) is 35.7 Å². The second-order valence-electron chi connectivity index (χ2n) is 7.61. The molecule has 29 heavy (non-hydrogen) atoms. The molecule has 2 aromatic rings. The summed E-state index contributed by atoms with van der Waals surface area (Å²) in [5, 5.41) is 5.68. The van der Waals surface area contributed by atoms with Gasteiger partial charge in [-0.3, -0.25) is 15.1 Å². The van der Waals surface area contributed by atoms with Crippen LogP contribution < -0.4 is 10.6 Å². The van der Waals surface area contributed by atoms with Gasteiger partial charge in [-0.05, 0) is 37.3 Å². The molecule has 1 spiro atoms. The van der Waals surface area contributed by atoms with Crippen LogP contribution in [0.2, 0.25) is 0 Å². The van der Waals surface area contributed by atoms with Crippen LogP contribution >= 0.6 is 0 Å². The Labute approximate surface area is 168 Å². The van der Waals surface area contributed by atoms with Crippen molar-refractivity contribution in [3.05, 3.63) is 59.7 Å². The van der Waals surface area contributed by atoms with Crippen LogP contribution in [-0.2, 0) is 10.3 Å². The molecule has 4 rings (SSSR count). The van der Waals surface area contributed by atoms with Crippen molar-refractivity contribution in [2.45, 2.75) is 31.4 Å². The molecule has 1 aromatic carbocycles. The lowest BCUT2D eigenvalue weighted by Crippen LogP contribution is -2.51. The molecule has 1 aromatic heterocycles. The highest BCUT2D eigenvalue weighted by atomic mass is 19.1. The van der Waals surface area contributed by atoms with E-state index in [0.29, 0.717) is 24.9 Å². The Morgan fingerprint density at radius 1 is 1.31 bits per heavy atom. The van der Waals surface area contributed by atoms with Crippen molar-refractivity contribution in [1.29, 1.82) is 0 Å². The summed E-state index contributed by atoms with van der Waals surface area (Å²) in [5.41, 5.74) is 1.45. The van der Waals surface area contributed by atoms with Gasteiger partial charge < -0.3 is 15.0 Å². The lowest BCUT2D eigenvalue weighted by molar-refractivity contribution is -0.0390. The predicted molar refractivity (Wildman–Crippen MR) is 105 cm³/mol. The van der Waals surface area contributed by atoms with E-state index in [1.807, 2.05) is 6.92 Å². The first-order valence-corrected chi connectivity index (χ1v) is 9.68. The maximum atomic E-state index is 13.0. The second kappa shape index (κ2) is 7.79. The van der Waals surface area contributed by atoms with Crippen LogP contribution in [0.3, 0.4) is 0 Å². The molecule has 1 saturated heterocycles. The van der Waals surface area contributed by atoms with Gasteiger partial charge in [0.15, 0.2) is 0 Å². The maximum absolute atomic E-state index is 13.0. The Hall–Kier alpha value is -3.00. The summed E-state index contributed by atoms with van der Waals surface area (Å²) in [6.07, 6.45) is 4.31. The Kier molecular flexibility index (Phi) is 5.19. The van der Waals surface area contributed by atoms with Crippen LogP contribution in [0.5, 0.6) is 0 Å². The van der Waals surface area contributed by atoms with Crippen LogP contribution in [0.15, 0.2) is 42.7 Å². The van der Waals surface area contributed by atoms with Crippen LogP contribution in [0, 0.1) is 5.82 Å². The summed E-state index contributed by atoms with van der Waals surface area (Å²) >= 11 is 0. The molecule has 7 nitrogen and oxygen atoms in total. The summed E-state index contributed by atoms with van der Waals surface area (Å²) in [6, 6.07) is 7.20. The number of hydrogen-bond acceptors (Lipinski definition) is 5. The zero-order valence-electron chi connectivity index (χ0n) is 16.2. The van der Waals surface area contributed by atoms with E-state index in [1.165, 1.54) is 24.3 Å². The Morgan fingerprint density at radius 2 is 2.03 bits per heavy atom. The van der Waals surface area contributed by atoms with Gasteiger partial charge in [-0.2, -0.15) is 0 Å². The summed E-state index contributed by atoms with van der Waals surface area (Å²) in [4.78, 5) is 30.7. The van der Waals surface area contributed by atoms with E-state index in [9.17, 15) is 14.0 Å². The van der Waals surface area contributed by atoms with Gasteiger partial charge in [0.1, 0.15) is 11.4 Å². The average Bonchev–Trinajstić information content (AvgIpc) is 2.70. The van der Waals surface area contributed by atoms with Gasteiger partial charge >= 0.3 is 6.09 Å². The van der Waals surface area contributed by atoms with Crippen molar-refractivity contribution < 1.29 is 18.7 Å². The Bertz CT molecular complexity index is 910. The van der Waals surface area contributed by atoms with Gasteiger partial charge in [0.25, 0.3) is 5.91 Å². The molecule has 152 valence electrons. The van der Waals surface area contributed by atoms with Crippen LogP contribution in [0.25, 0.3) is 0 Å². The minimum absolute atomic E-state index is 0.0777. The second-order valence-corrected chi connectivity index (χ2v) is 7.61. The number of piperidine rings is 1. The molecule has 0 bridgehead atoms. The number of fused-ring (bicyclic) bond motifs is 2. The summed E-state index contributed by atoms with van der Waals surface area (Å²) in [5.74, 6) is -0.592. The quantitative estimate of drug-likeness (QED) is 0.828. The van der Waals surface area contributed by atoms with E-state index < -0.39 is 11.7 Å². The summed E-state index contributed by atoms with van der Waals surface area (Å²) < 4.78 is 18.7. The highest BCUT2D eigenvalue weighted by Crippen LogP contribution is 2.42. The number of nitrogens with zero attached hydrogens (tertiary/aromatic N) is 2. The van der Waals surface area contributed by atoms with E-state index in [4.69, 9.17) is 4.74 Å². The molecule has 8 heteroatoms. The van der Waals surface area contributed by atoms with Crippen LogP contribution in [-0.4, -0.2) is 47.6 Å². The largest absolute Gasteiger partial charge is 0.438 e. The Morgan fingerprint density at radius 3 is 2.76 bits per heavy atom. The maximum Gasteiger partial charge on any atom is 0.412 e. The predicted octanol–water partition coefficient (Wildman–Crippen LogP) is 2.89. The molecule has 2 N–H and O–H groups in total. The third-order valence-electron chi connectivity index (χ3n) is 5.52. The Balaban J connectivity index is 1.35. The number of pyridine rings is 1. The fraction of sp³-hybridized carbons (Fsp3) is 0.381. The van der Waals surface area contributed by atoms with E-state index in [1.54, 1.807) is 18.5 Å². The number of likely N-dealkylation sites (tertiary alicyclic amines) is 1. The number of amides is 2. The molecule has 0 unspecified atom stereocenters. The molecule has 2 aliphatic heterocycles. The number of carbonyl (C=O) groups excluding carboxylic acids is 2. The number of benzene rings is 1. The van der Waals surface area contributed by atoms with Gasteiger partial charge in [0.05, 0.1) is 5.69 Å². The van der Waals surface area contributed by atoms with Gasteiger partial charge in [0, 0.05) is 62.0 Å². The number of aromatic nitrogens is 1. The van der Waals surface area contributed by atoms with Crippen molar-refractivity contribution >= 4 is 17.7 Å². The summed E-state index contributed by atoms with van der Waals surface area (Å²) in [6.45, 7) is 4.08. The molecular weight excluding hydrogens is 375 g/mol. The first-order chi connectivity index (χ1) is 13.9. The summed E-state index contributed by atoms with van der Waals surface area (Å²) in [7, 11) is 0. The lowest BCUT2D eigenvalue weighted by atomic mass is 9.83. The SMILES string of the molecule is C[C@@H](CN1CCC2(CC1)OC(=O)Nc1ccncc12)NC(=O)c1ccc(F)cc1. The molecule has 2 aliphatic rings. The lowest BCUT2D eigenvalue weighted by Gasteiger charge is -2.44. The van der Waals surface area contributed by atoms with Gasteiger partial charge in [-0.25, -0.2) is 9.18 Å². The number of halogens is 1. The van der Waals surface area contributed by atoms with Crippen molar-refractivity contribution in [2.24, 2.45) is 0 Å². The molecule has 1 atom stereocenters. The smallest absolute Gasteiger partial charge is 0.412 e. The number of anilines is 1. The number of nitrogens with one attached hydrogen (secondary N) is 2. The van der Waals surface area contributed by atoms with E-state index in [2.05, 4.69) is 20.5 Å². The third kappa shape index (κ3) is 4.07. The first kappa shape index (κ1) is 19.3. The number of ether oxygens (including phenoxy) is 1. The van der Waals surface area contributed by atoms with Crippen LogP contribution in [0.4, 0.5) is 14.9 Å². The zero-order chi connectivity index (χ0) is 20.4. The standard InChI is InChI=1S/C21H23FN4O3/c1-14(24-19(27)15-2-4-16(22)5-3-15)13-26-10-7-21(8-11-26)17-12-23-9-6-18(17)25-20(28)29-21/h2-6,9,12,14H,7-8,10-11,13H2,1H3,(H,24,27)(H,25,28)/t14-/m0/s1. The van der Waals surface area contributed by atoms with Gasteiger partial charge in [0.2, 0.25) is 0 Å². The monoisotopic (exact) mass is 398 g/mol. The van der Waals surface area contributed by atoms with Crippen molar-refractivity contribution in [3.8, 4) is 0 Å². The fourth-order valence-corrected chi connectivity index (χ4v) is 4.04. The topological polar surface area (TPSA) is 83.6 Å². The molecule has 3 heterocycles. The normalized spacial score (nSPS) is 19.0. The average molecular weight is 398 g/mol. The molecule has 1 fully saturated rings. The first-order valence-electron chi connectivity index (χ1n) is 9.68. The molecular formula is C21H23FN4O3. The molecule has 0 radical (unpaired) electrons. The highest BCUT2D eigenvalue weighted by molar-refractivity contribution is 5.94. The van der Waals surface area contributed by atoms with Gasteiger partial charge in [-0.15, -0.1) is 0 Å². The third-order valence-corrected chi connectivity index (χ3v) is 5.52. The van der Waals surface area contributed by atoms with Crippen molar-refractivity contribution in [1.82, 2.24) is 15.2 Å². The van der Waals surface area contributed by atoms with E-state index in [0.717, 1.165) is 24.3 Å². The van der Waals surface area contributed by atoms with Crippen molar-refractivity contribution in [3.63, 3.8) is 0 Å². The van der Waals surface area contributed by atoms with E-state index in [-0.39, 0.29) is 17.8 Å². The van der Waals surface area contributed by atoms with Crippen molar-refractivity contribution in [2.75, 3.05) is 25.0 Å². The van der Waals surface area contributed by atoms with E-state index >= 15 is 0 Å². The number of rotatable bonds is 4. The van der Waals surface area contributed by atoms with Gasteiger partial charge in [-0.1, -0.05) is 0 Å². The fourth-order valence-electron chi connectivity index (χ4n) is 4.04. The highest BCUT2D eigenvalue weighted by Gasteiger charge is 2.44. The molecule has 2 amide bonds. The molecule has 0 saturated carbocycles. The minimum atomic E-state index is -0.650. The zero-order valence-corrected chi connectivity index (χ0v) is 16.2. The minimum Gasteiger partial charge on any atom is -0.438 e. The number of hydrogen-bond donors (Lipinski definition) is 2. The molecule has 0 aliphatic carbocycles. The number of carbonyl (C=O) groups is 2.